The van der Waals surface area contributed by atoms with Crippen molar-refractivity contribution in [2.45, 2.75) is 20.4 Å². The van der Waals surface area contributed by atoms with Crippen LogP contribution in [-0.4, -0.2) is 46.9 Å². The molecule has 0 saturated heterocycles. The molecule has 8 heteroatoms. The topological polar surface area (TPSA) is 97.7 Å². The standard InChI is InChI=1S/C28H27N3O5/c1-3-30(4-2)28(35)19-10-9-11-20(16-19)29-25(32)18-36-26(33)17-31-23-14-7-5-12-21(23)27(34)22-13-6-8-15-24(22)31/h5-16H,3-4,17-18H2,1-2H3,(H,29,32). The van der Waals surface area contributed by atoms with Crippen molar-refractivity contribution in [3.8, 4) is 0 Å². The predicted octanol–water partition coefficient (Wildman–Crippen LogP) is 3.82. The van der Waals surface area contributed by atoms with Crippen LogP contribution in [0.2, 0.25) is 0 Å². The smallest absolute Gasteiger partial charge is 0.326 e. The number of benzene rings is 3. The number of hydrogen-bond donors (Lipinski definition) is 1. The third-order valence-electron chi connectivity index (χ3n) is 5.97. The monoisotopic (exact) mass is 485 g/mol. The molecule has 0 aliphatic rings. The molecule has 36 heavy (non-hydrogen) atoms. The molecule has 2 amide bonds. The second kappa shape index (κ2) is 10.9. The summed E-state index contributed by atoms with van der Waals surface area (Å²) in [4.78, 5) is 52.2. The van der Waals surface area contributed by atoms with Crippen molar-refractivity contribution >= 4 is 45.3 Å². The average molecular weight is 486 g/mol. The highest BCUT2D eigenvalue weighted by Gasteiger charge is 2.16. The van der Waals surface area contributed by atoms with Crippen LogP contribution in [0.25, 0.3) is 21.8 Å². The fourth-order valence-electron chi connectivity index (χ4n) is 4.19. The number of anilines is 1. The SMILES string of the molecule is CCN(CC)C(=O)c1cccc(NC(=O)COC(=O)Cn2c3ccccc3c(=O)c3ccccc32)c1. The number of carbonyl (C=O) groups is 3. The van der Waals surface area contributed by atoms with Gasteiger partial charge in [-0.2, -0.15) is 0 Å². The van der Waals surface area contributed by atoms with Gasteiger partial charge in [-0.05, 0) is 56.3 Å². The van der Waals surface area contributed by atoms with E-state index in [4.69, 9.17) is 4.74 Å². The van der Waals surface area contributed by atoms with Crippen LogP contribution in [0.3, 0.4) is 0 Å². The number of nitrogens with one attached hydrogen (secondary N) is 1. The molecule has 0 bridgehead atoms. The van der Waals surface area contributed by atoms with E-state index in [0.29, 0.717) is 46.1 Å². The van der Waals surface area contributed by atoms with Crippen LogP contribution in [0.1, 0.15) is 24.2 Å². The second-order valence-corrected chi connectivity index (χ2v) is 8.22. The van der Waals surface area contributed by atoms with Gasteiger partial charge in [-0.3, -0.25) is 19.2 Å². The van der Waals surface area contributed by atoms with Crippen molar-refractivity contribution < 1.29 is 19.1 Å². The number of fused-ring (bicyclic) bond motifs is 2. The lowest BCUT2D eigenvalue weighted by molar-refractivity contribution is -0.147. The number of nitrogens with zero attached hydrogens (tertiary/aromatic N) is 2. The van der Waals surface area contributed by atoms with E-state index in [-0.39, 0.29) is 17.9 Å². The number of aromatic nitrogens is 1. The molecule has 0 aliphatic heterocycles. The Balaban J connectivity index is 1.45. The molecule has 184 valence electrons. The van der Waals surface area contributed by atoms with E-state index in [1.54, 1.807) is 82.3 Å². The number of pyridine rings is 1. The molecule has 3 aromatic carbocycles. The first-order valence-corrected chi connectivity index (χ1v) is 11.8. The van der Waals surface area contributed by atoms with Crippen molar-refractivity contribution in [2.24, 2.45) is 0 Å². The summed E-state index contributed by atoms with van der Waals surface area (Å²) in [7, 11) is 0. The molecule has 0 radical (unpaired) electrons. The van der Waals surface area contributed by atoms with Gasteiger partial charge in [-0.1, -0.05) is 30.3 Å². The van der Waals surface area contributed by atoms with E-state index in [2.05, 4.69) is 5.32 Å². The lowest BCUT2D eigenvalue weighted by Gasteiger charge is -2.19. The number of rotatable bonds is 8. The van der Waals surface area contributed by atoms with E-state index >= 15 is 0 Å². The van der Waals surface area contributed by atoms with E-state index in [9.17, 15) is 19.2 Å². The molecule has 4 aromatic rings. The number of amides is 2. The molecule has 0 atom stereocenters. The van der Waals surface area contributed by atoms with Gasteiger partial charge in [-0.25, -0.2) is 0 Å². The molecular formula is C28H27N3O5. The van der Waals surface area contributed by atoms with Crippen molar-refractivity contribution in [3.63, 3.8) is 0 Å². The summed E-state index contributed by atoms with van der Waals surface area (Å²) in [6.07, 6.45) is 0. The maximum Gasteiger partial charge on any atom is 0.326 e. The van der Waals surface area contributed by atoms with Crippen molar-refractivity contribution in [1.29, 1.82) is 0 Å². The first-order chi connectivity index (χ1) is 17.4. The fourth-order valence-corrected chi connectivity index (χ4v) is 4.19. The van der Waals surface area contributed by atoms with Gasteiger partial charge < -0.3 is 19.5 Å². The highest BCUT2D eigenvalue weighted by molar-refractivity contribution is 5.98. The van der Waals surface area contributed by atoms with Crippen molar-refractivity contribution in [1.82, 2.24) is 9.47 Å². The lowest BCUT2D eigenvalue weighted by atomic mass is 10.1. The molecule has 1 heterocycles. The van der Waals surface area contributed by atoms with Crippen LogP contribution in [0, 0.1) is 0 Å². The largest absolute Gasteiger partial charge is 0.454 e. The van der Waals surface area contributed by atoms with Gasteiger partial charge in [0.2, 0.25) is 0 Å². The fraction of sp³-hybridized carbons (Fsp3) is 0.214. The van der Waals surface area contributed by atoms with Gasteiger partial charge in [-0.15, -0.1) is 0 Å². The molecular weight excluding hydrogens is 458 g/mol. The molecule has 0 saturated carbocycles. The molecule has 0 fully saturated rings. The lowest BCUT2D eigenvalue weighted by Crippen LogP contribution is -2.30. The Hall–Kier alpha value is -4.46. The molecule has 0 spiro atoms. The first-order valence-electron chi connectivity index (χ1n) is 11.8. The second-order valence-electron chi connectivity index (χ2n) is 8.22. The molecule has 0 unspecified atom stereocenters. The minimum Gasteiger partial charge on any atom is -0.454 e. The zero-order valence-corrected chi connectivity index (χ0v) is 20.2. The normalized spacial score (nSPS) is 10.8. The Morgan fingerprint density at radius 3 is 2.08 bits per heavy atom. The summed E-state index contributed by atoms with van der Waals surface area (Å²) in [5.41, 5.74) is 2.01. The molecule has 1 aromatic heterocycles. The Kier molecular flexibility index (Phi) is 7.44. The number of esters is 1. The van der Waals surface area contributed by atoms with Crippen LogP contribution in [0.4, 0.5) is 5.69 Å². The van der Waals surface area contributed by atoms with Crippen LogP contribution in [-0.2, 0) is 20.9 Å². The third-order valence-corrected chi connectivity index (χ3v) is 5.97. The van der Waals surface area contributed by atoms with E-state index < -0.39 is 18.5 Å². The zero-order chi connectivity index (χ0) is 25.7. The molecule has 4 rings (SSSR count). The Morgan fingerprint density at radius 2 is 1.47 bits per heavy atom. The number of para-hydroxylation sites is 2. The number of hydrogen-bond acceptors (Lipinski definition) is 5. The number of carbonyl (C=O) groups excluding carboxylic acids is 3. The summed E-state index contributed by atoms with van der Waals surface area (Å²) in [5, 5.41) is 3.66. The maximum absolute atomic E-state index is 12.8. The highest BCUT2D eigenvalue weighted by atomic mass is 16.5. The summed E-state index contributed by atoms with van der Waals surface area (Å²) < 4.78 is 6.95. The van der Waals surface area contributed by atoms with Gasteiger partial charge in [0.1, 0.15) is 6.54 Å². The van der Waals surface area contributed by atoms with Crippen molar-refractivity contribution in [2.75, 3.05) is 25.0 Å². The summed E-state index contributed by atoms with van der Waals surface area (Å²) in [6.45, 7) is 4.33. The van der Waals surface area contributed by atoms with Crippen LogP contribution in [0.15, 0.2) is 77.6 Å². The third kappa shape index (κ3) is 5.12. The predicted molar refractivity (Wildman–Crippen MR) is 139 cm³/mol. The van der Waals surface area contributed by atoms with E-state index in [1.807, 2.05) is 13.8 Å². The Labute approximate surface area is 208 Å². The molecule has 1 N–H and O–H groups in total. The van der Waals surface area contributed by atoms with Gasteiger partial charge in [0.15, 0.2) is 12.0 Å². The van der Waals surface area contributed by atoms with Gasteiger partial charge >= 0.3 is 5.97 Å². The van der Waals surface area contributed by atoms with E-state index in [0.717, 1.165) is 0 Å². The van der Waals surface area contributed by atoms with Gasteiger partial charge in [0.25, 0.3) is 11.8 Å². The average Bonchev–Trinajstić information content (AvgIpc) is 2.90. The summed E-state index contributed by atoms with van der Waals surface area (Å²) in [5.74, 6) is -1.26. The van der Waals surface area contributed by atoms with E-state index in [1.165, 1.54) is 0 Å². The summed E-state index contributed by atoms with van der Waals surface area (Å²) >= 11 is 0. The minimum absolute atomic E-state index is 0.105. The van der Waals surface area contributed by atoms with Crippen LogP contribution in [0.5, 0.6) is 0 Å². The molecule has 8 nitrogen and oxygen atoms in total. The van der Waals surface area contributed by atoms with Gasteiger partial charge in [0.05, 0.1) is 11.0 Å². The summed E-state index contributed by atoms with van der Waals surface area (Å²) in [6, 6.07) is 20.8. The van der Waals surface area contributed by atoms with Crippen molar-refractivity contribution in [3.05, 3.63) is 88.6 Å². The minimum atomic E-state index is -0.616. The Morgan fingerprint density at radius 1 is 0.861 bits per heavy atom. The first kappa shape index (κ1) is 24.7. The number of ether oxygens (including phenoxy) is 1. The van der Waals surface area contributed by atoms with Crippen LogP contribution < -0.4 is 10.7 Å². The zero-order valence-electron chi connectivity index (χ0n) is 20.2. The highest BCUT2D eigenvalue weighted by Crippen LogP contribution is 2.19. The Bertz CT molecular complexity index is 1440. The maximum atomic E-state index is 12.8. The molecule has 0 aliphatic carbocycles. The van der Waals surface area contributed by atoms with Crippen LogP contribution >= 0.6 is 0 Å². The van der Waals surface area contributed by atoms with Gasteiger partial charge in [0, 0.05) is 35.1 Å². The quantitative estimate of drug-likeness (QED) is 0.302.